The van der Waals surface area contributed by atoms with Crippen LogP contribution in [0.2, 0.25) is 0 Å². The average molecular weight is 248 g/mol. The van der Waals surface area contributed by atoms with Gasteiger partial charge in [0.2, 0.25) is 5.67 Å². The Morgan fingerprint density at radius 1 is 1.06 bits per heavy atom. The van der Waals surface area contributed by atoms with Gasteiger partial charge in [-0.15, -0.1) is 0 Å². The summed E-state index contributed by atoms with van der Waals surface area (Å²) < 4.78 is 51.3. The van der Waals surface area contributed by atoms with Gasteiger partial charge in [-0.25, -0.2) is 4.39 Å². The van der Waals surface area contributed by atoms with Gasteiger partial charge in [-0.05, 0) is 36.5 Å². The first kappa shape index (κ1) is 14.0. The number of hydrogen-bond donors (Lipinski definition) is 0. The number of halogens is 4. The Bertz CT molecular complexity index is 402. The second-order valence-corrected chi connectivity index (χ2v) is 4.73. The summed E-state index contributed by atoms with van der Waals surface area (Å²) in [6, 6.07) is 4.07. The fourth-order valence-corrected chi connectivity index (χ4v) is 1.78. The van der Waals surface area contributed by atoms with Gasteiger partial charge in [-0.2, -0.15) is 13.2 Å². The molecule has 0 fully saturated rings. The number of rotatable bonds is 2. The summed E-state index contributed by atoms with van der Waals surface area (Å²) in [4.78, 5) is 0. The molecule has 4 heteroatoms. The zero-order valence-electron chi connectivity index (χ0n) is 10.3. The van der Waals surface area contributed by atoms with Crippen molar-refractivity contribution in [3.63, 3.8) is 0 Å². The Hall–Kier alpha value is -1.06. The molecule has 1 aromatic carbocycles. The lowest BCUT2D eigenvalue weighted by molar-refractivity contribution is -0.228. The van der Waals surface area contributed by atoms with Crippen molar-refractivity contribution < 1.29 is 17.6 Å². The van der Waals surface area contributed by atoms with E-state index >= 15 is 0 Å². The minimum absolute atomic E-state index is 0.209. The first-order chi connectivity index (χ1) is 7.57. The Kier molecular flexibility index (Phi) is 3.55. The Morgan fingerprint density at radius 3 is 1.94 bits per heavy atom. The summed E-state index contributed by atoms with van der Waals surface area (Å²) in [7, 11) is 0. The van der Waals surface area contributed by atoms with Crippen LogP contribution in [0.3, 0.4) is 0 Å². The maximum Gasteiger partial charge on any atom is 0.426 e. The van der Waals surface area contributed by atoms with E-state index in [0.29, 0.717) is 12.5 Å². The standard InChI is InChI=1S/C13H16F4/c1-8(2)11-6-5-10(7-9(11)3)12(4,14)13(15,16)17/h5-8H,1-4H3. The molecule has 0 aromatic heterocycles. The van der Waals surface area contributed by atoms with Crippen molar-refractivity contribution >= 4 is 0 Å². The predicted molar refractivity (Wildman–Crippen MR) is 59.8 cm³/mol. The molecule has 1 rings (SSSR count). The van der Waals surface area contributed by atoms with Gasteiger partial charge in [0.1, 0.15) is 0 Å². The lowest BCUT2D eigenvalue weighted by Gasteiger charge is -2.25. The Labute approximate surface area is 98.6 Å². The van der Waals surface area contributed by atoms with Gasteiger partial charge < -0.3 is 0 Å². The zero-order valence-corrected chi connectivity index (χ0v) is 10.3. The topological polar surface area (TPSA) is 0 Å². The summed E-state index contributed by atoms with van der Waals surface area (Å²) in [6.07, 6.45) is -4.89. The van der Waals surface area contributed by atoms with E-state index in [1.165, 1.54) is 12.1 Å². The highest BCUT2D eigenvalue weighted by Crippen LogP contribution is 2.42. The second-order valence-electron chi connectivity index (χ2n) is 4.73. The molecule has 0 spiro atoms. The first-order valence-corrected chi connectivity index (χ1v) is 5.44. The maximum absolute atomic E-state index is 13.7. The van der Waals surface area contributed by atoms with Crippen LogP contribution in [0.1, 0.15) is 43.4 Å². The highest BCUT2D eigenvalue weighted by atomic mass is 19.4. The van der Waals surface area contributed by atoms with Crippen LogP contribution in [-0.2, 0) is 5.67 Å². The van der Waals surface area contributed by atoms with Crippen LogP contribution < -0.4 is 0 Å². The molecule has 0 radical (unpaired) electrons. The summed E-state index contributed by atoms with van der Waals surface area (Å²) in [6.45, 7) is 6.14. The van der Waals surface area contributed by atoms with E-state index in [9.17, 15) is 17.6 Å². The molecular formula is C13H16F4. The molecular weight excluding hydrogens is 232 g/mol. The smallest absolute Gasteiger partial charge is 0.229 e. The van der Waals surface area contributed by atoms with Crippen molar-refractivity contribution in [1.29, 1.82) is 0 Å². The van der Waals surface area contributed by atoms with Crippen molar-refractivity contribution in [2.75, 3.05) is 0 Å². The van der Waals surface area contributed by atoms with Crippen LogP contribution in [0.4, 0.5) is 17.6 Å². The van der Waals surface area contributed by atoms with Gasteiger partial charge in [-0.3, -0.25) is 0 Å². The predicted octanol–water partition coefficient (Wildman–Crippen LogP) is 4.87. The highest BCUT2D eigenvalue weighted by Gasteiger charge is 2.53. The second kappa shape index (κ2) is 4.31. The van der Waals surface area contributed by atoms with E-state index < -0.39 is 11.8 Å². The van der Waals surface area contributed by atoms with Gasteiger partial charge >= 0.3 is 6.18 Å². The minimum Gasteiger partial charge on any atom is -0.229 e. The van der Waals surface area contributed by atoms with Crippen molar-refractivity contribution in [3.05, 3.63) is 34.9 Å². The summed E-state index contributed by atoms with van der Waals surface area (Å²) in [5, 5.41) is 0. The van der Waals surface area contributed by atoms with Crippen LogP contribution in [0.5, 0.6) is 0 Å². The number of benzene rings is 1. The molecule has 0 amide bonds. The maximum atomic E-state index is 13.7. The van der Waals surface area contributed by atoms with Crippen LogP contribution in [-0.4, -0.2) is 6.18 Å². The molecule has 1 atom stereocenters. The fourth-order valence-electron chi connectivity index (χ4n) is 1.78. The molecule has 0 saturated heterocycles. The lowest BCUT2D eigenvalue weighted by Crippen LogP contribution is -2.35. The number of aryl methyl sites for hydroxylation is 1. The summed E-state index contributed by atoms with van der Waals surface area (Å²) in [5.74, 6) is 0.209. The summed E-state index contributed by atoms with van der Waals surface area (Å²) >= 11 is 0. The first-order valence-electron chi connectivity index (χ1n) is 5.44. The van der Waals surface area contributed by atoms with E-state index in [2.05, 4.69) is 0 Å². The van der Waals surface area contributed by atoms with E-state index in [1.807, 2.05) is 13.8 Å². The molecule has 0 heterocycles. The number of alkyl halides is 4. The number of hydrogen-bond acceptors (Lipinski definition) is 0. The third-order valence-corrected chi connectivity index (χ3v) is 2.97. The van der Waals surface area contributed by atoms with Crippen LogP contribution >= 0.6 is 0 Å². The molecule has 0 N–H and O–H groups in total. The molecule has 0 nitrogen and oxygen atoms in total. The largest absolute Gasteiger partial charge is 0.426 e. The SMILES string of the molecule is Cc1cc(C(C)(F)C(F)(F)F)ccc1C(C)C. The van der Waals surface area contributed by atoms with E-state index in [0.717, 1.165) is 5.56 Å². The van der Waals surface area contributed by atoms with Crippen molar-refractivity contribution in [1.82, 2.24) is 0 Å². The van der Waals surface area contributed by atoms with Gasteiger partial charge in [0, 0.05) is 0 Å². The minimum atomic E-state index is -4.89. The van der Waals surface area contributed by atoms with Gasteiger partial charge in [0.05, 0.1) is 0 Å². The third-order valence-electron chi connectivity index (χ3n) is 2.97. The Balaban J connectivity index is 3.23. The normalized spacial score (nSPS) is 16.1. The molecule has 1 unspecified atom stereocenters. The van der Waals surface area contributed by atoms with E-state index in [4.69, 9.17) is 0 Å². The molecule has 0 aliphatic heterocycles. The molecule has 1 aromatic rings. The quantitative estimate of drug-likeness (QED) is 0.655. The average Bonchev–Trinajstić information content (AvgIpc) is 2.14. The lowest BCUT2D eigenvalue weighted by atomic mass is 9.90. The molecule has 0 saturated carbocycles. The van der Waals surface area contributed by atoms with Crippen molar-refractivity contribution in [3.8, 4) is 0 Å². The van der Waals surface area contributed by atoms with Crippen molar-refractivity contribution in [2.45, 2.75) is 45.5 Å². The van der Waals surface area contributed by atoms with Gasteiger partial charge in [-0.1, -0.05) is 32.0 Å². The van der Waals surface area contributed by atoms with Crippen LogP contribution in [0.15, 0.2) is 18.2 Å². The van der Waals surface area contributed by atoms with Crippen molar-refractivity contribution in [2.24, 2.45) is 0 Å². The van der Waals surface area contributed by atoms with Gasteiger partial charge in [0.15, 0.2) is 0 Å². The fraction of sp³-hybridized carbons (Fsp3) is 0.538. The van der Waals surface area contributed by atoms with Crippen LogP contribution in [0.25, 0.3) is 0 Å². The van der Waals surface area contributed by atoms with E-state index in [1.54, 1.807) is 13.0 Å². The molecule has 0 aliphatic carbocycles. The Morgan fingerprint density at radius 2 is 1.59 bits per heavy atom. The molecule has 17 heavy (non-hydrogen) atoms. The zero-order chi connectivity index (χ0) is 13.4. The third kappa shape index (κ3) is 2.61. The molecule has 0 aliphatic rings. The molecule has 96 valence electrons. The highest BCUT2D eigenvalue weighted by molar-refractivity contribution is 5.36. The molecule has 0 bridgehead atoms. The van der Waals surface area contributed by atoms with E-state index in [-0.39, 0.29) is 11.5 Å². The van der Waals surface area contributed by atoms with Crippen LogP contribution in [0, 0.1) is 6.92 Å². The monoisotopic (exact) mass is 248 g/mol. The summed E-state index contributed by atoms with van der Waals surface area (Å²) in [5.41, 5.74) is -2.02. The van der Waals surface area contributed by atoms with Gasteiger partial charge in [0.25, 0.3) is 0 Å².